The minimum Gasteiger partial charge on any atom is -0.481 e. The van der Waals surface area contributed by atoms with Crippen molar-refractivity contribution in [3.05, 3.63) is 18.3 Å². The molecule has 2 N–H and O–H groups in total. The van der Waals surface area contributed by atoms with Crippen molar-refractivity contribution in [2.45, 2.75) is 19.8 Å². The molecule has 0 radical (unpaired) electrons. The van der Waals surface area contributed by atoms with Gasteiger partial charge in [-0.2, -0.15) is 0 Å². The lowest BCUT2D eigenvalue weighted by Gasteiger charge is -2.36. The first-order valence-corrected chi connectivity index (χ1v) is 8.56. The lowest BCUT2D eigenvalue weighted by Crippen LogP contribution is -2.46. The summed E-state index contributed by atoms with van der Waals surface area (Å²) >= 11 is 0. The van der Waals surface area contributed by atoms with Crippen LogP contribution in [0.4, 0.5) is 16.3 Å². The lowest BCUT2D eigenvalue weighted by atomic mass is 9.80. The van der Waals surface area contributed by atoms with Crippen LogP contribution in [0.2, 0.25) is 0 Å². The number of carboxylic acids is 1. The number of carbonyl (C=O) groups excluding carboxylic acids is 1. The van der Waals surface area contributed by atoms with E-state index in [4.69, 9.17) is 4.74 Å². The average molecular weight is 348 g/mol. The molecule has 1 aromatic heterocycles. The number of piperidine rings is 1. The van der Waals surface area contributed by atoms with Crippen LogP contribution in [-0.4, -0.2) is 66.4 Å². The highest BCUT2D eigenvalue weighted by Gasteiger charge is 2.38. The predicted octanol–water partition coefficient (Wildman–Crippen LogP) is 1.64. The van der Waals surface area contributed by atoms with Gasteiger partial charge in [-0.1, -0.05) is 0 Å². The Balaban J connectivity index is 1.54. The number of anilines is 2. The minimum atomic E-state index is -0.798. The van der Waals surface area contributed by atoms with Crippen molar-refractivity contribution in [2.24, 2.45) is 5.41 Å². The monoisotopic (exact) mass is 348 g/mol. The lowest BCUT2D eigenvalue weighted by molar-refractivity contribution is -0.150. The Hall–Kier alpha value is -2.35. The summed E-state index contributed by atoms with van der Waals surface area (Å²) in [4.78, 5) is 31.7. The Morgan fingerprint density at radius 3 is 2.44 bits per heavy atom. The van der Waals surface area contributed by atoms with Gasteiger partial charge in [0.15, 0.2) is 0 Å². The first-order chi connectivity index (χ1) is 12.0. The minimum absolute atomic E-state index is 0.237. The normalized spacial score (nSPS) is 20.2. The molecule has 0 aliphatic carbocycles. The number of carbonyl (C=O) groups is 2. The van der Waals surface area contributed by atoms with Crippen LogP contribution < -0.4 is 10.2 Å². The molecule has 1 aromatic rings. The smallest absolute Gasteiger partial charge is 0.323 e. The fraction of sp³-hybridized carbons (Fsp3) is 0.588. The van der Waals surface area contributed by atoms with Crippen molar-refractivity contribution in [3.8, 4) is 0 Å². The van der Waals surface area contributed by atoms with E-state index in [1.807, 2.05) is 6.07 Å². The highest BCUT2D eigenvalue weighted by atomic mass is 16.5. The summed E-state index contributed by atoms with van der Waals surface area (Å²) in [5, 5.41) is 12.0. The van der Waals surface area contributed by atoms with Crippen molar-refractivity contribution < 1.29 is 19.4 Å². The second kappa shape index (κ2) is 7.26. The van der Waals surface area contributed by atoms with Gasteiger partial charge in [-0.15, -0.1) is 0 Å². The molecule has 2 amide bonds. The largest absolute Gasteiger partial charge is 0.481 e. The van der Waals surface area contributed by atoms with Crippen LogP contribution in [0.1, 0.15) is 19.8 Å². The molecule has 8 heteroatoms. The quantitative estimate of drug-likeness (QED) is 0.862. The summed E-state index contributed by atoms with van der Waals surface area (Å²) in [7, 11) is 0. The summed E-state index contributed by atoms with van der Waals surface area (Å²) in [6.07, 6.45) is 2.66. The van der Waals surface area contributed by atoms with Crippen LogP contribution >= 0.6 is 0 Å². The standard InChI is InChI=1S/C17H24N4O4/c1-17(15(22)23)4-6-21(7-5-17)16(24)19-14-3-2-13(12-18-14)20-8-10-25-11-9-20/h2-3,12H,4-11H2,1H3,(H,22,23)(H,18,19,24). The van der Waals surface area contributed by atoms with E-state index in [9.17, 15) is 14.7 Å². The number of aliphatic carboxylic acids is 1. The number of carboxylic acid groups (broad SMARTS) is 1. The van der Waals surface area contributed by atoms with Crippen LogP contribution in [0.25, 0.3) is 0 Å². The fourth-order valence-corrected chi connectivity index (χ4v) is 3.07. The molecule has 3 heterocycles. The molecule has 2 fully saturated rings. The molecule has 0 unspecified atom stereocenters. The van der Waals surface area contributed by atoms with Gasteiger partial charge in [-0.3, -0.25) is 10.1 Å². The Kier molecular flexibility index (Phi) is 5.08. The van der Waals surface area contributed by atoms with Gasteiger partial charge in [-0.25, -0.2) is 9.78 Å². The molecule has 25 heavy (non-hydrogen) atoms. The molecule has 2 saturated heterocycles. The number of likely N-dealkylation sites (tertiary alicyclic amines) is 1. The number of nitrogens with zero attached hydrogens (tertiary/aromatic N) is 3. The molecule has 0 bridgehead atoms. The van der Waals surface area contributed by atoms with Gasteiger partial charge in [0.1, 0.15) is 5.82 Å². The molecule has 3 rings (SSSR count). The van der Waals surface area contributed by atoms with Gasteiger partial charge in [0.05, 0.1) is 30.5 Å². The summed E-state index contributed by atoms with van der Waals surface area (Å²) in [6.45, 7) is 5.69. The zero-order valence-electron chi connectivity index (χ0n) is 14.4. The first kappa shape index (κ1) is 17.5. The number of morpholine rings is 1. The Labute approximate surface area is 146 Å². The van der Waals surface area contributed by atoms with E-state index in [0.29, 0.717) is 45.0 Å². The van der Waals surface area contributed by atoms with Crippen molar-refractivity contribution in [3.63, 3.8) is 0 Å². The topological polar surface area (TPSA) is 95.0 Å². The van der Waals surface area contributed by atoms with Gasteiger partial charge < -0.3 is 19.6 Å². The van der Waals surface area contributed by atoms with E-state index >= 15 is 0 Å². The SMILES string of the molecule is CC1(C(=O)O)CCN(C(=O)Nc2ccc(N3CCOCC3)cn2)CC1. The van der Waals surface area contributed by atoms with Gasteiger partial charge in [0.25, 0.3) is 0 Å². The molecular formula is C17H24N4O4. The molecule has 2 aliphatic rings. The predicted molar refractivity (Wildman–Crippen MR) is 92.8 cm³/mol. The van der Waals surface area contributed by atoms with E-state index < -0.39 is 11.4 Å². The second-order valence-corrected chi connectivity index (χ2v) is 6.78. The second-order valence-electron chi connectivity index (χ2n) is 6.78. The van der Waals surface area contributed by atoms with Crippen LogP contribution in [-0.2, 0) is 9.53 Å². The van der Waals surface area contributed by atoms with Crippen LogP contribution in [0, 0.1) is 5.41 Å². The maximum atomic E-state index is 12.3. The van der Waals surface area contributed by atoms with E-state index in [0.717, 1.165) is 18.8 Å². The molecule has 136 valence electrons. The third-order valence-corrected chi connectivity index (χ3v) is 5.03. The number of urea groups is 1. The third-order valence-electron chi connectivity index (χ3n) is 5.03. The molecule has 0 saturated carbocycles. The number of pyridine rings is 1. The van der Waals surface area contributed by atoms with E-state index in [1.54, 1.807) is 24.1 Å². The van der Waals surface area contributed by atoms with Gasteiger partial charge >= 0.3 is 12.0 Å². The molecule has 0 spiro atoms. The van der Waals surface area contributed by atoms with Crippen LogP contribution in [0.15, 0.2) is 18.3 Å². The van der Waals surface area contributed by atoms with Crippen LogP contribution in [0.5, 0.6) is 0 Å². The van der Waals surface area contributed by atoms with Gasteiger partial charge in [0.2, 0.25) is 0 Å². The molecule has 2 aliphatic heterocycles. The molecule has 0 atom stereocenters. The first-order valence-electron chi connectivity index (χ1n) is 8.56. The maximum Gasteiger partial charge on any atom is 0.323 e. The summed E-state index contributed by atoms with van der Waals surface area (Å²) in [5.74, 6) is -0.304. The average Bonchev–Trinajstić information content (AvgIpc) is 2.63. The summed E-state index contributed by atoms with van der Waals surface area (Å²) < 4.78 is 5.33. The maximum absolute atomic E-state index is 12.3. The van der Waals surface area contributed by atoms with E-state index in [2.05, 4.69) is 15.2 Å². The zero-order valence-corrected chi connectivity index (χ0v) is 14.4. The van der Waals surface area contributed by atoms with Crippen molar-refractivity contribution >= 4 is 23.5 Å². The zero-order chi connectivity index (χ0) is 17.9. The number of rotatable bonds is 3. The van der Waals surface area contributed by atoms with Gasteiger partial charge in [0, 0.05) is 26.2 Å². The number of hydrogen-bond acceptors (Lipinski definition) is 5. The van der Waals surface area contributed by atoms with Crippen LogP contribution in [0.3, 0.4) is 0 Å². The fourth-order valence-electron chi connectivity index (χ4n) is 3.07. The number of ether oxygens (including phenoxy) is 1. The van der Waals surface area contributed by atoms with Gasteiger partial charge in [-0.05, 0) is 31.9 Å². The summed E-state index contributed by atoms with van der Waals surface area (Å²) in [6, 6.07) is 3.48. The number of hydrogen-bond donors (Lipinski definition) is 2. The number of aromatic nitrogens is 1. The van der Waals surface area contributed by atoms with Crippen molar-refractivity contribution in [1.82, 2.24) is 9.88 Å². The van der Waals surface area contributed by atoms with E-state index in [1.165, 1.54) is 0 Å². The molecule has 8 nitrogen and oxygen atoms in total. The Morgan fingerprint density at radius 1 is 1.20 bits per heavy atom. The third kappa shape index (κ3) is 4.01. The Morgan fingerprint density at radius 2 is 1.88 bits per heavy atom. The van der Waals surface area contributed by atoms with Crippen molar-refractivity contribution in [2.75, 3.05) is 49.6 Å². The number of amides is 2. The van der Waals surface area contributed by atoms with E-state index in [-0.39, 0.29) is 6.03 Å². The Bertz CT molecular complexity index is 620. The highest BCUT2D eigenvalue weighted by Crippen LogP contribution is 2.31. The number of nitrogens with one attached hydrogen (secondary N) is 1. The molecular weight excluding hydrogens is 324 g/mol. The highest BCUT2D eigenvalue weighted by molar-refractivity contribution is 5.88. The van der Waals surface area contributed by atoms with Crippen molar-refractivity contribution in [1.29, 1.82) is 0 Å². The molecule has 0 aromatic carbocycles. The summed E-state index contributed by atoms with van der Waals surface area (Å²) in [5.41, 5.74) is 0.269.